The van der Waals surface area contributed by atoms with Crippen molar-refractivity contribution in [3.05, 3.63) is 76.6 Å². The number of aromatic amines is 1. The molecule has 0 atom stereocenters. The number of hydrogen-bond acceptors (Lipinski definition) is 3. The van der Waals surface area contributed by atoms with Crippen LogP contribution >= 0.6 is 0 Å². The van der Waals surface area contributed by atoms with E-state index >= 15 is 0 Å². The summed E-state index contributed by atoms with van der Waals surface area (Å²) in [5.41, 5.74) is 2.67. The normalized spacial score (nSPS) is 11.2. The van der Waals surface area contributed by atoms with Gasteiger partial charge < -0.3 is 4.98 Å². The minimum atomic E-state index is -0.105. The maximum atomic E-state index is 12.1. The average Bonchev–Trinajstić information content (AvgIpc) is 2.91. The highest BCUT2D eigenvalue weighted by molar-refractivity contribution is 5.77. The average molecular weight is 276 g/mol. The molecular weight excluding hydrogens is 264 g/mol. The molecule has 5 heteroatoms. The lowest BCUT2D eigenvalue weighted by atomic mass is 10.2. The second kappa shape index (κ2) is 4.56. The first-order valence-electron chi connectivity index (χ1n) is 6.70. The third kappa shape index (κ3) is 1.99. The number of fused-ring (bicyclic) bond motifs is 2. The molecule has 21 heavy (non-hydrogen) atoms. The third-order valence-electron chi connectivity index (χ3n) is 3.53. The molecular formula is C16H12N4O. The van der Waals surface area contributed by atoms with Gasteiger partial charge in [-0.15, -0.1) is 0 Å². The van der Waals surface area contributed by atoms with E-state index in [1.54, 1.807) is 6.07 Å². The van der Waals surface area contributed by atoms with Crippen molar-refractivity contribution in [1.29, 1.82) is 0 Å². The van der Waals surface area contributed by atoms with Crippen LogP contribution in [0.5, 0.6) is 0 Å². The second-order valence-corrected chi connectivity index (χ2v) is 4.91. The van der Waals surface area contributed by atoms with E-state index in [0.717, 1.165) is 11.1 Å². The van der Waals surface area contributed by atoms with Crippen LogP contribution in [0.1, 0.15) is 11.4 Å². The molecule has 0 aliphatic heterocycles. The number of nitrogens with zero attached hydrogens (tertiary/aromatic N) is 3. The number of benzene rings is 1. The lowest BCUT2D eigenvalue weighted by Gasteiger charge is -2.02. The first kappa shape index (κ1) is 11.8. The summed E-state index contributed by atoms with van der Waals surface area (Å²) < 4.78 is 1.81. The zero-order valence-electron chi connectivity index (χ0n) is 11.2. The van der Waals surface area contributed by atoms with Gasteiger partial charge >= 0.3 is 0 Å². The Morgan fingerprint density at radius 1 is 1.10 bits per heavy atom. The smallest absolute Gasteiger partial charge is 0.258 e. The van der Waals surface area contributed by atoms with E-state index in [2.05, 4.69) is 15.1 Å². The molecule has 4 rings (SSSR count). The van der Waals surface area contributed by atoms with Crippen LogP contribution in [0, 0.1) is 0 Å². The minimum absolute atomic E-state index is 0.105. The number of hydrogen-bond donors (Lipinski definition) is 1. The molecule has 1 N–H and O–H groups in total. The highest BCUT2D eigenvalue weighted by atomic mass is 16.1. The maximum absolute atomic E-state index is 12.1. The van der Waals surface area contributed by atoms with Crippen molar-refractivity contribution in [3.8, 4) is 0 Å². The van der Waals surface area contributed by atoms with Crippen molar-refractivity contribution >= 4 is 16.4 Å². The minimum Gasteiger partial charge on any atom is -0.310 e. The molecule has 0 aliphatic carbocycles. The van der Waals surface area contributed by atoms with Crippen LogP contribution in [-0.4, -0.2) is 19.6 Å². The summed E-state index contributed by atoms with van der Waals surface area (Å²) in [7, 11) is 0. The van der Waals surface area contributed by atoms with E-state index in [1.165, 1.54) is 0 Å². The fraction of sp³-hybridized carbons (Fsp3) is 0.0625. The Balaban J connectivity index is 1.82. The van der Waals surface area contributed by atoms with Crippen LogP contribution < -0.4 is 5.56 Å². The summed E-state index contributed by atoms with van der Waals surface area (Å²) in [4.78, 5) is 19.4. The summed E-state index contributed by atoms with van der Waals surface area (Å²) >= 11 is 0. The predicted octanol–water partition coefficient (Wildman–Crippen LogP) is 2.16. The molecule has 0 amide bonds. The van der Waals surface area contributed by atoms with Gasteiger partial charge in [-0.1, -0.05) is 18.2 Å². The van der Waals surface area contributed by atoms with E-state index in [1.807, 2.05) is 53.3 Å². The quantitative estimate of drug-likeness (QED) is 0.610. The Bertz CT molecular complexity index is 1000. The van der Waals surface area contributed by atoms with E-state index in [0.29, 0.717) is 23.1 Å². The topological polar surface area (TPSA) is 63.0 Å². The molecule has 5 nitrogen and oxygen atoms in total. The van der Waals surface area contributed by atoms with Gasteiger partial charge in [0.2, 0.25) is 0 Å². The molecule has 0 saturated heterocycles. The van der Waals surface area contributed by atoms with E-state index in [9.17, 15) is 4.79 Å². The number of rotatable bonds is 2. The number of nitrogens with one attached hydrogen (secondary N) is 1. The third-order valence-corrected chi connectivity index (χ3v) is 3.53. The Hall–Kier alpha value is -2.95. The number of pyridine rings is 1. The number of aromatic nitrogens is 4. The van der Waals surface area contributed by atoms with E-state index in [4.69, 9.17) is 0 Å². The molecule has 0 aliphatic rings. The maximum Gasteiger partial charge on any atom is 0.258 e. The van der Waals surface area contributed by atoms with Gasteiger partial charge in [-0.05, 0) is 24.3 Å². The van der Waals surface area contributed by atoms with Crippen molar-refractivity contribution in [2.75, 3.05) is 0 Å². The van der Waals surface area contributed by atoms with Gasteiger partial charge in [-0.25, -0.2) is 9.50 Å². The molecule has 0 bridgehead atoms. The monoisotopic (exact) mass is 276 g/mol. The fourth-order valence-corrected chi connectivity index (χ4v) is 2.52. The molecule has 0 radical (unpaired) electrons. The van der Waals surface area contributed by atoms with Crippen LogP contribution in [0.2, 0.25) is 0 Å². The van der Waals surface area contributed by atoms with Crippen molar-refractivity contribution in [1.82, 2.24) is 19.6 Å². The van der Waals surface area contributed by atoms with Gasteiger partial charge in [0.25, 0.3) is 5.56 Å². The van der Waals surface area contributed by atoms with Crippen molar-refractivity contribution in [2.24, 2.45) is 0 Å². The SMILES string of the molecule is O=c1[nH]c(Cc2cnn3ccccc23)nc2ccccc12. The molecule has 4 aromatic rings. The Morgan fingerprint density at radius 2 is 1.95 bits per heavy atom. The van der Waals surface area contributed by atoms with Crippen molar-refractivity contribution in [2.45, 2.75) is 6.42 Å². The standard InChI is InChI=1S/C16H12N4O/c21-16-12-5-1-2-6-13(12)18-15(19-16)9-11-10-17-20-8-4-3-7-14(11)20/h1-8,10H,9H2,(H,18,19,21). The summed E-state index contributed by atoms with van der Waals surface area (Å²) in [6, 6.07) is 13.3. The molecule has 3 heterocycles. The highest BCUT2D eigenvalue weighted by Gasteiger charge is 2.08. The van der Waals surface area contributed by atoms with Crippen LogP contribution in [0.25, 0.3) is 16.4 Å². The number of H-pyrrole nitrogens is 1. The van der Waals surface area contributed by atoms with Gasteiger partial charge in [0.1, 0.15) is 5.82 Å². The Labute approximate surface area is 119 Å². The predicted molar refractivity (Wildman–Crippen MR) is 80.4 cm³/mol. The fourth-order valence-electron chi connectivity index (χ4n) is 2.52. The van der Waals surface area contributed by atoms with Crippen LogP contribution in [0.3, 0.4) is 0 Å². The van der Waals surface area contributed by atoms with Gasteiger partial charge in [0.05, 0.1) is 22.6 Å². The van der Waals surface area contributed by atoms with E-state index < -0.39 is 0 Å². The van der Waals surface area contributed by atoms with Gasteiger partial charge in [-0.2, -0.15) is 5.10 Å². The van der Waals surface area contributed by atoms with Crippen LogP contribution in [-0.2, 0) is 6.42 Å². The summed E-state index contributed by atoms with van der Waals surface area (Å²) in [6.07, 6.45) is 4.26. The van der Waals surface area contributed by atoms with Gasteiger partial charge in [-0.3, -0.25) is 4.79 Å². The highest BCUT2D eigenvalue weighted by Crippen LogP contribution is 2.14. The zero-order chi connectivity index (χ0) is 14.2. The lowest BCUT2D eigenvalue weighted by molar-refractivity contribution is 0.961. The Morgan fingerprint density at radius 3 is 2.90 bits per heavy atom. The largest absolute Gasteiger partial charge is 0.310 e. The number of para-hydroxylation sites is 1. The first-order valence-corrected chi connectivity index (χ1v) is 6.70. The second-order valence-electron chi connectivity index (χ2n) is 4.91. The van der Waals surface area contributed by atoms with Gasteiger partial charge in [0.15, 0.2) is 0 Å². The molecule has 0 saturated carbocycles. The molecule has 0 spiro atoms. The van der Waals surface area contributed by atoms with E-state index in [-0.39, 0.29) is 5.56 Å². The lowest BCUT2D eigenvalue weighted by Crippen LogP contribution is -2.12. The summed E-state index contributed by atoms with van der Waals surface area (Å²) in [6.45, 7) is 0. The molecule has 3 aromatic heterocycles. The van der Waals surface area contributed by atoms with Crippen LogP contribution in [0.15, 0.2) is 59.7 Å². The molecule has 1 aromatic carbocycles. The summed E-state index contributed by atoms with van der Waals surface area (Å²) in [5, 5.41) is 4.91. The Kier molecular flexibility index (Phi) is 2.57. The molecule has 0 unspecified atom stereocenters. The van der Waals surface area contributed by atoms with Crippen molar-refractivity contribution in [3.63, 3.8) is 0 Å². The van der Waals surface area contributed by atoms with Crippen molar-refractivity contribution < 1.29 is 0 Å². The summed E-state index contributed by atoms with van der Waals surface area (Å²) in [5.74, 6) is 0.650. The molecule has 0 fully saturated rings. The molecule has 102 valence electrons. The van der Waals surface area contributed by atoms with Crippen LogP contribution in [0.4, 0.5) is 0 Å². The zero-order valence-corrected chi connectivity index (χ0v) is 11.2. The van der Waals surface area contributed by atoms with Gasteiger partial charge in [0, 0.05) is 18.2 Å². The first-order chi connectivity index (χ1) is 10.3.